The number of benzene rings is 1. The number of rotatable bonds is 4. The summed E-state index contributed by atoms with van der Waals surface area (Å²) in [5, 5.41) is 19.7. The number of piperidine rings is 1. The zero-order valence-corrected chi connectivity index (χ0v) is 16.0. The van der Waals surface area contributed by atoms with Gasteiger partial charge in [0.2, 0.25) is 0 Å². The van der Waals surface area contributed by atoms with Crippen molar-refractivity contribution in [3.8, 4) is 28.4 Å². The lowest BCUT2D eigenvalue weighted by Crippen LogP contribution is -2.35. The van der Waals surface area contributed by atoms with E-state index in [0.29, 0.717) is 22.5 Å². The van der Waals surface area contributed by atoms with E-state index in [9.17, 15) is 10.2 Å². The molecule has 0 aliphatic carbocycles. The topological polar surface area (TPSA) is 82.4 Å². The molecular formula is C21H21ClN4O2. The second-order valence-corrected chi connectivity index (χ2v) is 7.36. The molecule has 7 heteroatoms. The maximum Gasteiger partial charge on any atom is 0.163 e. The number of halogens is 1. The molecule has 2 aromatic heterocycles. The molecule has 0 saturated carbocycles. The molecule has 1 aliphatic rings. The molecule has 0 spiro atoms. The van der Waals surface area contributed by atoms with Gasteiger partial charge in [-0.2, -0.15) is 0 Å². The number of nitrogens with zero attached hydrogens (tertiary/aromatic N) is 4. The third-order valence-corrected chi connectivity index (χ3v) is 5.39. The van der Waals surface area contributed by atoms with Crippen molar-refractivity contribution in [3.63, 3.8) is 0 Å². The molecule has 144 valence electrons. The lowest BCUT2D eigenvalue weighted by Gasteiger charge is -2.32. The Kier molecular flexibility index (Phi) is 5.41. The average Bonchev–Trinajstić information content (AvgIpc) is 2.76. The number of hydrogen-bond donors (Lipinski definition) is 2. The Morgan fingerprint density at radius 3 is 2.57 bits per heavy atom. The molecule has 0 atom stereocenters. The van der Waals surface area contributed by atoms with Gasteiger partial charge in [-0.05, 0) is 43.0 Å². The first kappa shape index (κ1) is 18.7. The Hall–Kier alpha value is -2.70. The summed E-state index contributed by atoms with van der Waals surface area (Å²) in [6.07, 6.45) is 5.31. The van der Waals surface area contributed by atoms with Gasteiger partial charge in [0.05, 0.1) is 10.7 Å². The van der Waals surface area contributed by atoms with E-state index in [1.165, 1.54) is 0 Å². The van der Waals surface area contributed by atoms with Gasteiger partial charge < -0.3 is 15.1 Å². The van der Waals surface area contributed by atoms with Crippen LogP contribution < -0.4 is 4.90 Å². The van der Waals surface area contributed by atoms with Gasteiger partial charge in [0.1, 0.15) is 11.6 Å². The quantitative estimate of drug-likeness (QED) is 0.698. The van der Waals surface area contributed by atoms with Crippen molar-refractivity contribution in [1.29, 1.82) is 0 Å². The summed E-state index contributed by atoms with van der Waals surface area (Å²) in [5.41, 5.74) is 2.30. The van der Waals surface area contributed by atoms with E-state index in [1.807, 2.05) is 24.3 Å². The zero-order chi connectivity index (χ0) is 19.5. The molecule has 1 aliphatic heterocycles. The Labute approximate surface area is 168 Å². The Morgan fingerprint density at radius 2 is 1.89 bits per heavy atom. The Balaban J connectivity index is 1.76. The van der Waals surface area contributed by atoms with Crippen LogP contribution in [0.1, 0.15) is 12.8 Å². The first-order valence-electron chi connectivity index (χ1n) is 9.28. The minimum absolute atomic E-state index is 0.0195. The molecule has 1 fully saturated rings. The van der Waals surface area contributed by atoms with Gasteiger partial charge in [0.25, 0.3) is 0 Å². The lowest BCUT2D eigenvalue weighted by molar-refractivity contribution is 0.203. The van der Waals surface area contributed by atoms with Crippen LogP contribution in [0.3, 0.4) is 0 Å². The predicted octanol–water partition coefficient (Wildman–Crippen LogP) is 3.77. The fourth-order valence-corrected chi connectivity index (χ4v) is 3.50. The van der Waals surface area contributed by atoms with Crippen molar-refractivity contribution in [1.82, 2.24) is 15.0 Å². The van der Waals surface area contributed by atoms with Crippen LogP contribution in [0.5, 0.6) is 5.75 Å². The average molecular weight is 397 g/mol. The summed E-state index contributed by atoms with van der Waals surface area (Å²) in [4.78, 5) is 15.9. The number of hydrogen-bond acceptors (Lipinski definition) is 6. The minimum atomic E-state index is 0.0195. The van der Waals surface area contributed by atoms with Gasteiger partial charge in [-0.1, -0.05) is 17.7 Å². The van der Waals surface area contributed by atoms with Gasteiger partial charge in [-0.25, -0.2) is 9.97 Å². The summed E-state index contributed by atoms with van der Waals surface area (Å²) in [6, 6.07) is 10.8. The highest BCUT2D eigenvalue weighted by molar-refractivity contribution is 6.32. The van der Waals surface area contributed by atoms with E-state index in [4.69, 9.17) is 21.6 Å². The fraction of sp³-hybridized carbons (Fsp3) is 0.286. The molecule has 6 nitrogen and oxygen atoms in total. The number of aromatic hydroxyl groups is 1. The summed E-state index contributed by atoms with van der Waals surface area (Å²) >= 11 is 5.96. The molecule has 0 radical (unpaired) electrons. The summed E-state index contributed by atoms with van der Waals surface area (Å²) < 4.78 is 0. The largest absolute Gasteiger partial charge is 0.506 e. The molecule has 3 heterocycles. The van der Waals surface area contributed by atoms with Gasteiger partial charge in [0, 0.05) is 49.3 Å². The van der Waals surface area contributed by atoms with Crippen LogP contribution in [0.15, 0.2) is 48.8 Å². The number of phenols is 1. The Bertz CT molecular complexity index is 960. The first-order valence-corrected chi connectivity index (χ1v) is 9.66. The van der Waals surface area contributed by atoms with E-state index < -0.39 is 0 Å². The number of aromatic nitrogens is 3. The fourth-order valence-electron chi connectivity index (χ4n) is 3.39. The van der Waals surface area contributed by atoms with Crippen LogP contribution in [0.4, 0.5) is 5.82 Å². The SMILES string of the molecule is OCC1CCN(c2cc(-c3ccc(Cl)c(O)c3)nc(-c3cccnc3)n2)CC1. The van der Waals surface area contributed by atoms with E-state index >= 15 is 0 Å². The molecule has 2 N–H and O–H groups in total. The standard InChI is InChI=1S/C21H21ClN4O2/c22-17-4-3-15(10-19(17)28)18-11-20(26-8-5-14(13-27)6-9-26)25-21(24-18)16-2-1-7-23-12-16/h1-4,7,10-12,14,27-28H,5-6,8-9,13H2. The number of phenolic OH excluding ortho intramolecular Hbond substituents is 1. The third kappa shape index (κ3) is 3.93. The van der Waals surface area contributed by atoms with Crippen molar-refractivity contribution in [2.24, 2.45) is 5.92 Å². The monoisotopic (exact) mass is 396 g/mol. The Morgan fingerprint density at radius 1 is 1.07 bits per heavy atom. The van der Waals surface area contributed by atoms with Crippen LogP contribution in [-0.4, -0.2) is 44.9 Å². The molecule has 1 saturated heterocycles. The summed E-state index contributed by atoms with van der Waals surface area (Å²) in [7, 11) is 0. The van der Waals surface area contributed by atoms with E-state index in [2.05, 4.69) is 9.88 Å². The molecular weight excluding hydrogens is 376 g/mol. The van der Waals surface area contributed by atoms with E-state index in [-0.39, 0.29) is 12.4 Å². The van der Waals surface area contributed by atoms with Gasteiger partial charge in [-0.15, -0.1) is 0 Å². The highest BCUT2D eigenvalue weighted by Gasteiger charge is 2.21. The molecule has 0 amide bonds. The number of aliphatic hydroxyl groups excluding tert-OH is 1. The molecule has 1 aromatic carbocycles. The van der Waals surface area contributed by atoms with Crippen molar-refractivity contribution in [3.05, 3.63) is 53.8 Å². The van der Waals surface area contributed by atoms with E-state index in [0.717, 1.165) is 42.9 Å². The van der Waals surface area contributed by atoms with E-state index in [1.54, 1.807) is 24.5 Å². The molecule has 3 aromatic rings. The predicted molar refractivity (Wildman–Crippen MR) is 109 cm³/mol. The van der Waals surface area contributed by atoms with Crippen molar-refractivity contribution in [2.45, 2.75) is 12.8 Å². The van der Waals surface area contributed by atoms with Crippen LogP contribution in [-0.2, 0) is 0 Å². The minimum Gasteiger partial charge on any atom is -0.506 e. The van der Waals surface area contributed by atoms with Crippen molar-refractivity contribution < 1.29 is 10.2 Å². The second kappa shape index (κ2) is 8.12. The third-order valence-electron chi connectivity index (χ3n) is 5.07. The molecule has 0 bridgehead atoms. The van der Waals surface area contributed by atoms with Crippen molar-refractivity contribution in [2.75, 3.05) is 24.6 Å². The molecule has 4 rings (SSSR count). The maximum absolute atomic E-state index is 10.0. The summed E-state index contributed by atoms with van der Waals surface area (Å²) in [6.45, 7) is 1.90. The highest BCUT2D eigenvalue weighted by atomic mass is 35.5. The number of pyridine rings is 1. The number of anilines is 1. The van der Waals surface area contributed by atoms with Gasteiger partial charge in [-0.3, -0.25) is 4.98 Å². The maximum atomic E-state index is 10.0. The first-order chi connectivity index (χ1) is 13.6. The highest BCUT2D eigenvalue weighted by Crippen LogP contribution is 2.32. The smallest absolute Gasteiger partial charge is 0.163 e. The second-order valence-electron chi connectivity index (χ2n) is 6.96. The molecule has 0 unspecified atom stereocenters. The van der Waals surface area contributed by atoms with Crippen LogP contribution >= 0.6 is 11.6 Å². The van der Waals surface area contributed by atoms with Crippen LogP contribution in [0.2, 0.25) is 5.02 Å². The molecule has 28 heavy (non-hydrogen) atoms. The summed E-state index contributed by atoms with van der Waals surface area (Å²) in [5.74, 6) is 1.78. The van der Waals surface area contributed by atoms with Crippen LogP contribution in [0, 0.1) is 5.92 Å². The lowest BCUT2D eigenvalue weighted by atomic mass is 9.98. The number of aliphatic hydroxyl groups is 1. The van der Waals surface area contributed by atoms with Gasteiger partial charge in [0.15, 0.2) is 5.82 Å². The van der Waals surface area contributed by atoms with Gasteiger partial charge >= 0.3 is 0 Å². The van der Waals surface area contributed by atoms with Crippen LogP contribution in [0.25, 0.3) is 22.6 Å². The normalized spacial score (nSPS) is 15.0. The zero-order valence-electron chi connectivity index (χ0n) is 15.3. The van der Waals surface area contributed by atoms with Crippen molar-refractivity contribution >= 4 is 17.4 Å².